The Morgan fingerprint density at radius 1 is 1.58 bits per heavy atom. The van der Waals surface area contributed by atoms with E-state index < -0.39 is 6.29 Å². The Labute approximate surface area is 72.8 Å². The van der Waals surface area contributed by atoms with Crippen molar-refractivity contribution in [2.75, 3.05) is 0 Å². The number of hydrogen-bond acceptors (Lipinski definition) is 3. The van der Waals surface area contributed by atoms with Gasteiger partial charge in [-0.15, -0.1) is 0 Å². The average molecular weight is 169 g/mol. The van der Waals surface area contributed by atoms with Gasteiger partial charge in [-0.2, -0.15) is 0 Å². The summed E-state index contributed by atoms with van der Waals surface area (Å²) in [5.41, 5.74) is 0.806. The second-order valence-corrected chi connectivity index (χ2v) is 2.32. The van der Waals surface area contributed by atoms with Gasteiger partial charge in [-0.1, -0.05) is 12.7 Å². The second kappa shape index (κ2) is 6.76. The molecule has 0 saturated carbocycles. The van der Waals surface area contributed by atoms with Crippen LogP contribution >= 0.6 is 0 Å². The van der Waals surface area contributed by atoms with E-state index in [-0.39, 0.29) is 0 Å². The van der Waals surface area contributed by atoms with E-state index in [1.165, 1.54) is 6.20 Å². The molecule has 0 heterocycles. The summed E-state index contributed by atoms with van der Waals surface area (Å²) < 4.78 is 0. The molecule has 12 heavy (non-hydrogen) atoms. The summed E-state index contributed by atoms with van der Waals surface area (Å²) in [6, 6.07) is 0. The predicted molar refractivity (Wildman–Crippen MR) is 49.9 cm³/mol. The van der Waals surface area contributed by atoms with Crippen molar-refractivity contribution in [2.24, 2.45) is 4.99 Å². The van der Waals surface area contributed by atoms with Crippen LogP contribution in [0, 0.1) is 0 Å². The summed E-state index contributed by atoms with van der Waals surface area (Å²) in [5.74, 6) is 0. The Morgan fingerprint density at radius 3 is 2.67 bits per heavy atom. The molecule has 0 radical (unpaired) electrons. The van der Waals surface area contributed by atoms with E-state index in [0.717, 1.165) is 5.71 Å². The van der Waals surface area contributed by atoms with Crippen LogP contribution in [-0.2, 0) is 0 Å². The molecule has 0 aromatic carbocycles. The minimum Gasteiger partial charge on any atom is -0.368 e. The van der Waals surface area contributed by atoms with Crippen molar-refractivity contribution in [3.63, 3.8) is 0 Å². The molecule has 3 heteroatoms. The van der Waals surface area contributed by atoms with E-state index in [4.69, 9.17) is 10.2 Å². The van der Waals surface area contributed by atoms with E-state index in [9.17, 15) is 0 Å². The van der Waals surface area contributed by atoms with E-state index in [1.54, 1.807) is 0 Å². The van der Waals surface area contributed by atoms with Gasteiger partial charge >= 0.3 is 0 Å². The van der Waals surface area contributed by atoms with Crippen LogP contribution in [0.2, 0.25) is 0 Å². The maximum absolute atomic E-state index is 8.59. The van der Waals surface area contributed by atoms with Crippen LogP contribution in [0.1, 0.15) is 19.8 Å². The van der Waals surface area contributed by atoms with Crippen molar-refractivity contribution in [3.05, 3.63) is 24.9 Å². The lowest BCUT2D eigenvalue weighted by atomic mass is 10.2. The topological polar surface area (TPSA) is 52.8 Å². The fraction of sp³-hybridized carbons (Fsp3) is 0.444. The fourth-order valence-electron chi connectivity index (χ4n) is 0.778. The number of nitrogens with zero attached hydrogens (tertiary/aromatic N) is 1. The van der Waals surface area contributed by atoms with E-state index in [0.29, 0.717) is 12.8 Å². The highest BCUT2D eigenvalue weighted by Crippen LogP contribution is 1.98. The molecule has 0 fully saturated rings. The zero-order valence-corrected chi connectivity index (χ0v) is 7.27. The third kappa shape index (κ3) is 5.82. The number of aliphatic hydroxyl groups is 2. The molecule has 3 nitrogen and oxygen atoms in total. The van der Waals surface area contributed by atoms with Crippen molar-refractivity contribution in [2.45, 2.75) is 26.1 Å². The van der Waals surface area contributed by atoms with Crippen molar-refractivity contribution in [1.29, 1.82) is 0 Å². The predicted octanol–water partition coefficient (Wildman–Crippen LogP) is 1.24. The van der Waals surface area contributed by atoms with Crippen LogP contribution in [0.4, 0.5) is 0 Å². The summed E-state index contributed by atoms with van der Waals surface area (Å²) in [7, 11) is 0. The molecule has 0 aromatic heterocycles. The first-order valence-corrected chi connectivity index (χ1v) is 3.87. The molecule has 2 N–H and O–H groups in total. The van der Waals surface area contributed by atoms with Gasteiger partial charge in [0.25, 0.3) is 0 Å². The van der Waals surface area contributed by atoms with Crippen LogP contribution < -0.4 is 0 Å². The molecule has 0 atom stereocenters. The maximum atomic E-state index is 8.59. The lowest BCUT2D eigenvalue weighted by molar-refractivity contribution is -0.0434. The van der Waals surface area contributed by atoms with Gasteiger partial charge in [0, 0.05) is 18.3 Å². The molecular weight excluding hydrogens is 154 g/mol. The standard InChI is InChI=1S/C9H15NO2/c1-3-5-8(10-4-2)6-7-9(11)12/h3-5,9,11-12H,2,6-7H2,1H3/b5-3-,10-8?. The Morgan fingerprint density at radius 2 is 2.25 bits per heavy atom. The number of aliphatic hydroxyl groups excluding tert-OH is 1. The van der Waals surface area contributed by atoms with Gasteiger partial charge < -0.3 is 10.2 Å². The summed E-state index contributed by atoms with van der Waals surface area (Å²) in [4.78, 5) is 3.96. The largest absolute Gasteiger partial charge is 0.368 e. The molecule has 0 spiro atoms. The maximum Gasteiger partial charge on any atom is 0.151 e. The summed E-state index contributed by atoms with van der Waals surface area (Å²) in [6.07, 6.45) is 4.71. The lowest BCUT2D eigenvalue weighted by Crippen LogP contribution is -2.06. The SMILES string of the molecule is C=CN=C(/C=C\C)CCC(O)O. The molecule has 0 bridgehead atoms. The Hall–Kier alpha value is -0.930. The molecular formula is C9H15NO2. The Balaban J connectivity index is 3.96. The van der Waals surface area contributed by atoms with Gasteiger partial charge in [-0.3, -0.25) is 4.99 Å². The van der Waals surface area contributed by atoms with Crippen LogP contribution in [0.3, 0.4) is 0 Å². The number of aliphatic imine (C=N–C) groups is 1. The van der Waals surface area contributed by atoms with Gasteiger partial charge in [-0.05, 0) is 19.4 Å². The van der Waals surface area contributed by atoms with Crippen LogP contribution in [0.5, 0.6) is 0 Å². The highest BCUT2D eigenvalue weighted by atomic mass is 16.5. The molecule has 0 aliphatic heterocycles. The van der Waals surface area contributed by atoms with E-state index in [1.807, 2.05) is 19.1 Å². The fourth-order valence-corrected chi connectivity index (χ4v) is 0.778. The molecule has 0 aromatic rings. The molecule has 0 aliphatic rings. The molecule has 0 saturated heterocycles. The summed E-state index contributed by atoms with van der Waals surface area (Å²) in [6.45, 7) is 5.35. The zero-order chi connectivity index (χ0) is 9.40. The molecule has 0 aliphatic carbocycles. The molecule has 0 rings (SSSR count). The van der Waals surface area contributed by atoms with Crippen molar-refractivity contribution >= 4 is 5.71 Å². The van der Waals surface area contributed by atoms with Gasteiger partial charge in [0.05, 0.1) is 0 Å². The number of hydrogen-bond donors (Lipinski definition) is 2. The zero-order valence-electron chi connectivity index (χ0n) is 7.27. The van der Waals surface area contributed by atoms with Crippen molar-refractivity contribution < 1.29 is 10.2 Å². The van der Waals surface area contributed by atoms with E-state index >= 15 is 0 Å². The van der Waals surface area contributed by atoms with Crippen molar-refractivity contribution in [1.82, 2.24) is 0 Å². The molecule has 0 unspecified atom stereocenters. The smallest absolute Gasteiger partial charge is 0.151 e. The quantitative estimate of drug-likeness (QED) is 0.480. The highest BCUT2D eigenvalue weighted by Gasteiger charge is 1.99. The average Bonchev–Trinajstić information content (AvgIpc) is 2.01. The van der Waals surface area contributed by atoms with E-state index in [2.05, 4.69) is 11.6 Å². The van der Waals surface area contributed by atoms with Gasteiger partial charge in [0.15, 0.2) is 6.29 Å². The van der Waals surface area contributed by atoms with Crippen LogP contribution in [0.15, 0.2) is 29.9 Å². The third-order valence-corrected chi connectivity index (χ3v) is 1.27. The molecule has 68 valence electrons. The molecule has 0 amide bonds. The third-order valence-electron chi connectivity index (χ3n) is 1.27. The lowest BCUT2D eigenvalue weighted by Gasteiger charge is -2.02. The van der Waals surface area contributed by atoms with Crippen LogP contribution in [-0.4, -0.2) is 22.2 Å². The number of allylic oxidation sites excluding steroid dienone is 2. The minimum atomic E-state index is -1.26. The van der Waals surface area contributed by atoms with Gasteiger partial charge in [0.1, 0.15) is 0 Å². The first-order valence-electron chi connectivity index (χ1n) is 3.87. The summed E-state index contributed by atoms with van der Waals surface area (Å²) >= 11 is 0. The van der Waals surface area contributed by atoms with Crippen LogP contribution in [0.25, 0.3) is 0 Å². The van der Waals surface area contributed by atoms with Gasteiger partial charge in [0.2, 0.25) is 0 Å². The highest BCUT2D eigenvalue weighted by molar-refractivity contribution is 5.95. The number of rotatable bonds is 5. The first kappa shape index (κ1) is 11.1. The second-order valence-electron chi connectivity index (χ2n) is 2.32. The minimum absolute atomic E-state index is 0.303. The normalized spacial score (nSPS) is 12.8. The van der Waals surface area contributed by atoms with Gasteiger partial charge in [-0.25, -0.2) is 0 Å². The Kier molecular flexibility index (Phi) is 6.24. The Bertz CT molecular complexity index is 183. The van der Waals surface area contributed by atoms with Crippen molar-refractivity contribution in [3.8, 4) is 0 Å². The summed E-state index contributed by atoms with van der Waals surface area (Å²) in [5, 5.41) is 17.2. The first-order chi connectivity index (χ1) is 5.70. The monoisotopic (exact) mass is 169 g/mol.